The van der Waals surface area contributed by atoms with E-state index in [1.807, 2.05) is 31.2 Å². The first-order chi connectivity index (χ1) is 11.6. The molecule has 0 unspecified atom stereocenters. The summed E-state index contributed by atoms with van der Waals surface area (Å²) in [6, 6.07) is 14.2. The number of amides is 2. The van der Waals surface area contributed by atoms with Crippen LogP contribution >= 0.6 is 0 Å². The van der Waals surface area contributed by atoms with E-state index in [4.69, 9.17) is 4.74 Å². The summed E-state index contributed by atoms with van der Waals surface area (Å²) in [5.41, 5.74) is 1.95. The minimum absolute atomic E-state index is 0.198. The minimum atomic E-state index is -0.266. The van der Waals surface area contributed by atoms with E-state index in [0.29, 0.717) is 17.9 Å². The van der Waals surface area contributed by atoms with Crippen molar-refractivity contribution in [1.29, 1.82) is 0 Å². The Hall–Kier alpha value is -3.08. The van der Waals surface area contributed by atoms with Crippen LogP contribution in [0.15, 0.2) is 54.6 Å². The van der Waals surface area contributed by atoms with E-state index in [1.54, 1.807) is 37.4 Å². The molecule has 0 radical (unpaired) electrons. The van der Waals surface area contributed by atoms with Gasteiger partial charge in [0, 0.05) is 24.4 Å². The fourth-order valence-electron chi connectivity index (χ4n) is 2.08. The van der Waals surface area contributed by atoms with E-state index < -0.39 is 0 Å². The third-order valence-corrected chi connectivity index (χ3v) is 3.24. The van der Waals surface area contributed by atoms with E-state index in [-0.39, 0.29) is 11.8 Å². The number of anilines is 1. The van der Waals surface area contributed by atoms with Crippen molar-refractivity contribution in [3.63, 3.8) is 0 Å². The smallest absolute Gasteiger partial charge is 0.251 e. The van der Waals surface area contributed by atoms with Crippen LogP contribution in [0.2, 0.25) is 0 Å². The van der Waals surface area contributed by atoms with Gasteiger partial charge in [-0.25, -0.2) is 0 Å². The van der Waals surface area contributed by atoms with Gasteiger partial charge in [0.2, 0.25) is 5.91 Å². The second kappa shape index (κ2) is 8.53. The fraction of sp³-hybridized carbons (Fsp3) is 0.158. The highest BCUT2D eigenvalue weighted by atomic mass is 16.5. The number of benzene rings is 2. The lowest BCUT2D eigenvalue weighted by Gasteiger charge is -2.05. The Morgan fingerprint density at radius 3 is 2.54 bits per heavy atom. The van der Waals surface area contributed by atoms with Gasteiger partial charge in [-0.3, -0.25) is 9.59 Å². The Balaban J connectivity index is 1.98. The quantitative estimate of drug-likeness (QED) is 0.802. The first kappa shape index (κ1) is 17.3. The van der Waals surface area contributed by atoms with Crippen molar-refractivity contribution < 1.29 is 14.3 Å². The second-order valence-electron chi connectivity index (χ2n) is 4.98. The molecule has 0 bridgehead atoms. The lowest BCUT2D eigenvalue weighted by molar-refractivity contribution is -0.111. The van der Waals surface area contributed by atoms with E-state index in [2.05, 4.69) is 10.6 Å². The molecule has 2 N–H and O–H groups in total. The van der Waals surface area contributed by atoms with E-state index in [0.717, 1.165) is 11.3 Å². The zero-order chi connectivity index (χ0) is 17.4. The number of carbonyl (C=O) groups excluding carboxylic acids is 2. The summed E-state index contributed by atoms with van der Waals surface area (Å²) < 4.78 is 5.37. The molecule has 0 atom stereocenters. The number of rotatable bonds is 6. The molecule has 2 amide bonds. The zero-order valence-corrected chi connectivity index (χ0v) is 13.7. The summed E-state index contributed by atoms with van der Waals surface area (Å²) in [5, 5.41) is 5.28. The van der Waals surface area contributed by atoms with Crippen LogP contribution in [0.3, 0.4) is 0 Å². The van der Waals surface area contributed by atoms with Gasteiger partial charge in [0.05, 0.1) is 6.61 Å². The van der Waals surface area contributed by atoms with Crippen molar-refractivity contribution in [1.82, 2.24) is 5.32 Å². The lowest BCUT2D eigenvalue weighted by atomic mass is 10.2. The van der Waals surface area contributed by atoms with Gasteiger partial charge in [0.1, 0.15) is 5.75 Å². The molecule has 0 aliphatic carbocycles. The highest BCUT2D eigenvalue weighted by molar-refractivity contribution is 6.03. The summed E-state index contributed by atoms with van der Waals surface area (Å²) in [4.78, 5) is 23.6. The van der Waals surface area contributed by atoms with Crippen LogP contribution in [0.1, 0.15) is 22.8 Å². The number of nitrogens with one attached hydrogen (secondary N) is 2. The molecule has 2 aromatic rings. The zero-order valence-electron chi connectivity index (χ0n) is 13.7. The largest absolute Gasteiger partial charge is 0.494 e. The van der Waals surface area contributed by atoms with Crippen molar-refractivity contribution in [3.8, 4) is 5.75 Å². The van der Waals surface area contributed by atoms with Crippen LogP contribution in [0.4, 0.5) is 5.69 Å². The Kier molecular flexibility index (Phi) is 6.14. The summed E-state index contributed by atoms with van der Waals surface area (Å²) in [6.07, 6.45) is 3.16. The standard InChI is InChI=1S/C19H20N2O3/c1-3-24-17-10-7-14(8-11-17)9-12-18(22)21-16-6-4-5-15(13-16)19(23)20-2/h4-13H,3H2,1-2H3,(H,20,23)(H,21,22)/b12-9+. The maximum absolute atomic E-state index is 12.0. The van der Waals surface area contributed by atoms with Crippen LogP contribution < -0.4 is 15.4 Å². The van der Waals surface area contributed by atoms with E-state index >= 15 is 0 Å². The average molecular weight is 324 g/mol. The molecule has 0 spiro atoms. The molecular weight excluding hydrogens is 304 g/mol. The summed E-state index contributed by atoms with van der Waals surface area (Å²) in [6.45, 7) is 2.55. The molecule has 5 heteroatoms. The van der Waals surface area contributed by atoms with Crippen molar-refractivity contribution in [3.05, 3.63) is 65.7 Å². The van der Waals surface area contributed by atoms with Crippen molar-refractivity contribution in [2.24, 2.45) is 0 Å². The van der Waals surface area contributed by atoms with Gasteiger partial charge in [0.25, 0.3) is 5.91 Å². The number of carbonyl (C=O) groups is 2. The van der Waals surface area contributed by atoms with Crippen molar-refractivity contribution in [2.45, 2.75) is 6.92 Å². The van der Waals surface area contributed by atoms with Crippen molar-refractivity contribution in [2.75, 3.05) is 19.0 Å². The molecule has 0 aromatic heterocycles. The first-order valence-corrected chi connectivity index (χ1v) is 7.66. The topological polar surface area (TPSA) is 67.4 Å². The molecule has 0 saturated heterocycles. The highest BCUT2D eigenvalue weighted by Gasteiger charge is 2.04. The Morgan fingerprint density at radius 2 is 1.88 bits per heavy atom. The van der Waals surface area contributed by atoms with Crippen LogP contribution in [0, 0.1) is 0 Å². The van der Waals surface area contributed by atoms with Gasteiger partial charge in [-0.1, -0.05) is 18.2 Å². The summed E-state index contributed by atoms with van der Waals surface area (Å²) in [7, 11) is 1.56. The Labute approximate surface area is 141 Å². The Bertz CT molecular complexity index is 737. The molecule has 0 heterocycles. The van der Waals surface area contributed by atoms with Gasteiger partial charge in [-0.2, -0.15) is 0 Å². The normalized spacial score (nSPS) is 10.4. The molecule has 5 nitrogen and oxygen atoms in total. The van der Waals surface area contributed by atoms with Gasteiger partial charge < -0.3 is 15.4 Å². The molecule has 0 saturated carbocycles. The van der Waals surface area contributed by atoms with Gasteiger partial charge >= 0.3 is 0 Å². The third-order valence-electron chi connectivity index (χ3n) is 3.24. The van der Waals surface area contributed by atoms with E-state index in [1.165, 1.54) is 6.08 Å². The molecule has 2 aromatic carbocycles. The number of hydrogen-bond donors (Lipinski definition) is 2. The molecule has 124 valence electrons. The van der Waals surface area contributed by atoms with Gasteiger partial charge in [0.15, 0.2) is 0 Å². The lowest BCUT2D eigenvalue weighted by Crippen LogP contribution is -2.18. The molecule has 24 heavy (non-hydrogen) atoms. The maximum atomic E-state index is 12.0. The molecule has 0 fully saturated rings. The second-order valence-corrected chi connectivity index (χ2v) is 4.98. The SMILES string of the molecule is CCOc1ccc(/C=C/C(=O)Nc2cccc(C(=O)NC)c2)cc1. The molecule has 2 rings (SSSR count). The van der Waals surface area contributed by atoms with Crippen LogP contribution in [0.5, 0.6) is 5.75 Å². The first-order valence-electron chi connectivity index (χ1n) is 7.66. The fourth-order valence-corrected chi connectivity index (χ4v) is 2.08. The Morgan fingerprint density at radius 1 is 1.12 bits per heavy atom. The minimum Gasteiger partial charge on any atom is -0.494 e. The predicted octanol–water partition coefficient (Wildman–Crippen LogP) is 3.10. The molecule has 0 aliphatic rings. The molecule has 0 aliphatic heterocycles. The van der Waals surface area contributed by atoms with Crippen molar-refractivity contribution >= 4 is 23.6 Å². The maximum Gasteiger partial charge on any atom is 0.251 e. The van der Waals surface area contributed by atoms with E-state index in [9.17, 15) is 9.59 Å². The summed E-state index contributed by atoms with van der Waals surface area (Å²) >= 11 is 0. The van der Waals surface area contributed by atoms with Crippen LogP contribution in [-0.2, 0) is 4.79 Å². The monoisotopic (exact) mass is 324 g/mol. The summed E-state index contributed by atoms with van der Waals surface area (Å²) in [5.74, 6) is 0.332. The number of hydrogen-bond acceptors (Lipinski definition) is 3. The van der Waals surface area contributed by atoms with Gasteiger partial charge in [-0.05, 0) is 48.9 Å². The predicted molar refractivity (Wildman–Crippen MR) is 95.1 cm³/mol. The van der Waals surface area contributed by atoms with Gasteiger partial charge in [-0.15, -0.1) is 0 Å². The molecular formula is C19H20N2O3. The highest BCUT2D eigenvalue weighted by Crippen LogP contribution is 2.14. The van der Waals surface area contributed by atoms with Crippen LogP contribution in [0.25, 0.3) is 6.08 Å². The number of ether oxygens (including phenoxy) is 1. The van der Waals surface area contributed by atoms with Crippen LogP contribution in [-0.4, -0.2) is 25.5 Å². The third kappa shape index (κ3) is 4.98. The average Bonchev–Trinajstić information content (AvgIpc) is 2.61.